The van der Waals surface area contributed by atoms with Crippen LogP contribution >= 0.6 is 0 Å². The maximum atomic E-state index is 13.8. The van der Waals surface area contributed by atoms with Crippen LogP contribution in [-0.2, 0) is 31.3 Å². The van der Waals surface area contributed by atoms with Gasteiger partial charge in [0, 0.05) is 25.2 Å². The predicted molar refractivity (Wildman–Crippen MR) is 140 cm³/mol. The van der Waals surface area contributed by atoms with Gasteiger partial charge in [-0.25, -0.2) is 0 Å². The first-order valence-corrected chi connectivity index (χ1v) is 13.0. The number of rotatable bonds is 9. The predicted octanol–water partition coefficient (Wildman–Crippen LogP) is 2.44. The zero-order valence-electron chi connectivity index (χ0n) is 21.9. The fraction of sp³-hybridized carbons (Fsp3) is 0.483. The van der Waals surface area contributed by atoms with E-state index in [9.17, 15) is 19.5 Å². The van der Waals surface area contributed by atoms with Crippen LogP contribution in [0, 0.1) is 5.92 Å². The number of nitrogens with zero attached hydrogens (tertiary/aromatic N) is 2. The summed E-state index contributed by atoms with van der Waals surface area (Å²) in [5, 5.41) is 13.4. The highest BCUT2D eigenvalue weighted by molar-refractivity contribution is 6.03. The lowest BCUT2D eigenvalue weighted by Gasteiger charge is -2.36. The van der Waals surface area contributed by atoms with Gasteiger partial charge in [0.25, 0.3) is 5.91 Å². The van der Waals surface area contributed by atoms with Crippen LogP contribution < -0.4 is 5.32 Å². The summed E-state index contributed by atoms with van der Waals surface area (Å²) in [4.78, 5) is 43.4. The molecule has 3 heterocycles. The van der Waals surface area contributed by atoms with Gasteiger partial charge in [-0.15, -0.1) is 0 Å². The summed E-state index contributed by atoms with van der Waals surface area (Å²) in [6.45, 7) is 11.3. The Labute approximate surface area is 218 Å². The van der Waals surface area contributed by atoms with Crippen LogP contribution in [0.3, 0.4) is 0 Å². The highest BCUT2D eigenvalue weighted by Gasteiger charge is 2.44. The van der Waals surface area contributed by atoms with Gasteiger partial charge in [0.2, 0.25) is 11.8 Å². The van der Waals surface area contributed by atoms with E-state index in [-0.39, 0.29) is 36.9 Å². The molecule has 1 aromatic rings. The summed E-state index contributed by atoms with van der Waals surface area (Å²) in [5.41, 5.74) is 2.14. The molecule has 8 heteroatoms. The molecule has 3 aliphatic rings. The summed E-state index contributed by atoms with van der Waals surface area (Å²) in [6, 6.07) is 6.23. The lowest BCUT2D eigenvalue weighted by atomic mass is 9.91. The van der Waals surface area contributed by atoms with Crippen molar-refractivity contribution in [2.75, 3.05) is 26.3 Å². The van der Waals surface area contributed by atoms with E-state index in [2.05, 4.69) is 11.9 Å². The lowest BCUT2D eigenvalue weighted by Crippen LogP contribution is -2.55. The molecule has 1 aromatic carbocycles. The minimum absolute atomic E-state index is 0.119. The number of nitrogens with one attached hydrogen (secondary N) is 1. The summed E-state index contributed by atoms with van der Waals surface area (Å²) < 4.78 is 5.11. The van der Waals surface area contributed by atoms with Crippen molar-refractivity contribution in [2.24, 2.45) is 5.92 Å². The largest absolute Gasteiger partial charge is 0.380 e. The SMILES string of the molecule is C=CC1=C(/C=C\C)CN(C(C(=O)N2CCC[C@H]2C(=O)NCc2ccc(C3(O)COC3)cc2)C(C)C)C1=O. The Bertz CT molecular complexity index is 1120. The molecule has 37 heavy (non-hydrogen) atoms. The molecule has 2 fully saturated rings. The van der Waals surface area contributed by atoms with Crippen molar-refractivity contribution in [2.45, 2.75) is 57.8 Å². The number of hydrogen-bond acceptors (Lipinski definition) is 5. The van der Waals surface area contributed by atoms with E-state index in [1.807, 2.05) is 57.2 Å². The van der Waals surface area contributed by atoms with E-state index in [0.29, 0.717) is 31.6 Å². The van der Waals surface area contributed by atoms with Crippen LogP contribution in [0.5, 0.6) is 0 Å². The molecular formula is C29H37N3O5. The van der Waals surface area contributed by atoms with Gasteiger partial charge < -0.3 is 25.0 Å². The number of carbonyl (C=O) groups is 3. The fourth-order valence-electron chi connectivity index (χ4n) is 5.37. The lowest BCUT2D eigenvalue weighted by molar-refractivity contribution is -0.184. The van der Waals surface area contributed by atoms with E-state index in [4.69, 9.17) is 4.74 Å². The smallest absolute Gasteiger partial charge is 0.255 e. The highest BCUT2D eigenvalue weighted by Crippen LogP contribution is 2.30. The minimum Gasteiger partial charge on any atom is -0.380 e. The molecule has 0 aliphatic carbocycles. The minimum atomic E-state index is -0.925. The quantitative estimate of drug-likeness (QED) is 0.535. The van der Waals surface area contributed by atoms with Crippen molar-refractivity contribution < 1.29 is 24.2 Å². The van der Waals surface area contributed by atoms with Crippen molar-refractivity contribution in [3.05, 3.63) is 71.3 Å². The third-order valence-electron chi connectivity index (χ3n) is 7.45. The molecule has 2 saturated heterocycles. The zero-order valence-corrected chi connectivity index (χ0v) is 21.9. The third-order valence-corrected chi connectivity index (χ3v) is 7.45. The topological polar surface area (TPSA) is 99.2 Å². The molecule has 0 aromatic heterocycles. The second-order valence-electron chi connectivity index (χ2n) is 10.4. The van der Waals surface area contributed by atoms with Crippen LogP contribution in [-0.4, -0.2) is 71.0 Å². The third kappa shape index (κ3) is 5.26. The number of benzene rings is 1. The first-order chi connectivity index (χ1) is 17.7. The van der Waals surface area contributed by atoms with Crippen LogP contribution in [0.4, 0.5) is 0 Å². The monoisotopic (exact) mass is 507 g/mol. The van der Waals surface area contributed by atoms with Crippen molar-refractivity contribution in [3.8, 4) is 0 Å². The molecule has 1 unspecified atom stereocenters. The van der Waals surface area contributed by atoms with E-state index < -0.39 is 17.7 Å². The number of amides is 3. The maximum absolute atomic E-state index is 13.8. The molecule has 3 amide bonds. The fourth-order valence-corrected chi connectivity index (χ4v) is 5.37. The van der Waals surface area contributed by atoms with Gasteiger partial charge in [-0.05, 0) is 42.4 Å². The van der Waals surface area contributed by atoms with E-state index in [1.165, 1.54) is 0 Å². The van der Waals surface area contributed by atoms with Gasteiger partial charge in [-0.2, -0.15) is 0 Å². The Morgan fingerprint density at radius 2 is 1.97 bits per heavy atom. The average Bonchev–Trinajstić information content (AvgIpc) is 3.46. The molecule has 3 aliphatic heterocycles. The van der Waals surface area contributed by atoms with Gasteiger partial charge in [0.1, 0.15) is 17.7 Å². The first kappa shape index (κ1) is 26.8. The maximum Gasteiger partial charge on any atom is 0.255 e. The number of allylic oxidation sites excluding steroid dienone is 1. The molecular weight excluding hydrogens is 470 g/mol. The molecule has 0 saturated carbocycles. The summed E-state index contributed by atoms with van der Waals surface area (Å²) >= 11 is 0. The summed E-state index contributed by atoms with van der Waals surface area (Å²) in [7, 11) is 0. The average molecular weight is 508 g/mol. The van der Waals surface area contributed by atoms with Crippen molar-refractivity contribution in [3.63, 3.8) is 0 Å². The van der Waals surface area contributed by atoms with E-state index in [0.717, 1.165) is 23.1 Å². The van der Waals surface area contributed by atoms with E-state index in [1.54, 1.807) is 15.9 Å². The Morgan fingerprint density at radius 3 is 2.54 bits per heavy atom. The molecule has 0 bridgehead atoms. The van der Waals surface area contributed by atoms with Gasteiger partial charge in [0.15, 0.2) is 0 Å². The van der Waals surface area contributed by atoms with Crippen molar-refractivity contribution in [1.29, 1.82) is 0 Å². The zero-order chi connectivity index (χ0) is 26.7. The number of hydrogen-bond donors (Lipinski definition) is 2. The van der Waals surface area contributed by atoms with Gasteiger partial charge >= 0.3 is 0 Å². The molecule has 8 nitrogen and oxygen atoms in total. The standard InChI is InChI=1S/C29H37N3O5/c1-5-8-21-16-32(27(34)23(21)6-2)25(19(3)4)28(35)31-14-7-9-24(31)26(33)30-15-20-10-12-22(13-11-20)29(36)17-37-18-29/h5-6,8,10-13,19,24-25,36H,2,7,9,14-18H2,1,3-4H3,(H,30,33)/b8-5-/t24-,25?/m0/s1. The van der Waals surface area contributed by atoms with Crippen LogP contribution in [0.15, 0.2) is 60.2 Å². The number of likely N-dealkylation sites (tertiary alicyclic amines) is 1. The van der Waals surface area contributed by atoms with Crippen LogP contribution in [0.2, 0.25) is 0 Å². The highest BCUT2D eigenvalue weighted by atomic mass is 16.5. The Morgan fingerprint density at radius 1 is 1.27 bits per heavy atom. The van der Waals surface area contributed by atoms with Crippen LogP contribution in [0.1, 0.15) is 44.7 Å². The van der Waals surface area contributed by atoms with Gasteiger partial charge in [-0.3, -0.25) is 14.4 Å². The molecule has 4 rings (SSSR count). The van der Waals surface area contributed by atoms with Gasteiger partial charge in [-0.1, -0.05) is 62.9 Å². The Kier molecular flexibility index (Phi) is 7.99. The number of ether oxygens (including phenoxy) is 1. The van der Waals surface area contributed by atoms with E-state index >= 15 is 0 Å². The van der Waals surface area contributed by atoms with Gasteiger partial charge in [0.05, 0.1) is 13.2 Å². The summed E-state index contributed by atoms with van der Waals surface area (Å²) in [6.07, 6.45) is 6.63. The molecule has 198 valence electrons. The van der Waals surface area contributed by atoms with Crippen LogP contribution in [0.25, 0.3) is 0 Å². The Balaban J connectivity index is 1.42. The summed E-state index contributed by atoms with van der Waals surface area (Å²) in [5.74, 6) is -0.703. The second kappa shape index (κ2) is 11.0. The second-order valence-corrected chi connectivity index (χ2v) is 10.4. The first-order valence-electron chi connectivity index (χ1n) is 13.0. The van der Waals surface area contributed by atoms with Crippen molar-refractivity contribution >= 4 is 17.7 Å². The molecule has 2 N–H and O–H groups in total. The normalized spacial score (nSPS) is 22.1. The molecule has 2 atom stereocenters. The number of aliphatic hydroxyl groups is 1. The molecule has 0 radical (unpaired) electrons. The molecule has 0 spiro atoms. The number of carbonyl (C=O) groups excluding carboxylic acids is 3. The Hall–Kier alpha value is -3.23. The van der Waals surface area contributed by atoms with Crippen molar-refractivity contribution in [1.82, 2.24) is 15.1 Å².